The number of alkyl halides is 2. The second kappa shape index (κ2) is 5.83. The van der Waals surface area contributed by atoms with Crippen molar-refractivity contribution in [2.45, 2.75) is 10.3 Å². The summed E-state index contributed by atoms with van der Waals surface area (Å²) in [7, 11) is 0. The molecule has 2 unspecified atom stereocenters. The number of halogens is 2. The van der Waals surface area contributed by atoms with Gasteiger partial charge < -0.3 is 5.32 Å². The lowest BCUT2D eigenvalue weighted by Gasteiger charge is -2.04. The van der Waals surface area contributed by atoms with E-state index in [0.29, 0.717) is 5.69 Å². The molecule has 1 saturated carbocycles. The number of rotatable bonds is 4. The summed E-state index contributed by atoms with van der Waals surface area (Å²) >= 11 is 12.5. The minimum atomic E-state index is -1.15. The minimum Gasteiger partial charge on any atom is -0.326 e. The number of benzene rings is 2. The van der Waals surface area contributed by atoms with Gasteiger partial charge >= 0.3 is 0 Å². The Morgan fingerprint density at radius 1 is 1.09 bits per heavy atom. The molecule has 118 valence electrons. The molecule has 0 spiro atoms. The van der Waals surface area contributed by atoms with Gasteiger partial charge in [-0.15, -0.1) is 23.2 Å². The fourth-order valence-corrected chi connectivity index (χ4v) is 3.44. The third-order valence-corrected chi connectivity index (χ3v) is 4.78. The minimum absolute atomic E-state index is 0.0411. The van der Waals surface area contributed by atoms with Gasteiger partial charge in [0.2, 0.25) is 5.91 Å². The largest absolute Gasteiger partial charge is 0.326 e. The fourth-order valence-electron chi connectivity index (χ4n) is 2.61. The van der Waals surface area contributed by atoms with Crippen molar-refractivity contribution >= 4 is 40.5 Å². The average Bonchev–Trinajstić information content (AvgIpc) is 3.11. The van der Waals surface area contributed by atoms with Gasteiger partial charge in [-0.3, -0.25) is 14.9 Å². The van der Waals surface area contributed by atoms with Crippen LogP contribution in [0.3, 0.4) is 0 Å². The maximum atomic E-state index is 12.4. The van der Waals surface area contributed by atoms with Crippen molar-refractivity contribution in [1.29, 1.82) is 0 Å². The lowest BCUT2D eigenvalue weighted by Crippen LogP contribution is -2.17. The highest BCUT2D eigenvalue weighted by Crippen LogP contribution is 2.65. The molecule has 1 N–H and O–H groups in total. The smallest absolute Gasteiger partial charge is 0.269 e. The highest BCUT2D eigenvalue weighted by atomic mass is 35.5. The number of hydrogen-bond donors (Lipinski definition) is 1. The molecular weight excluding hydrogens is 339 g/mol. The van der Waals surface area contributed by atoms with Crippen molar-refractivity contribution in [3.63, 3.8) is 0 Å². The van der Waals surface area contributed by atoms with Crippen LogP contribution in [0.4, 0.5) is 11.4 Å². The molecule has 3 rings (SSSR count). The van der Waals surface area contributed by atoms with E-state index in [1.54, 1.807) is 0 Å². The summed E-state index contributed by atoms with van der Waals surface area (Å²) in [6.45, 7) is 0. The quantitative estimate of drug-likeness (QED) is 0.512. The predicted octanol–water partition coefficient (Wildman–Crippen LogP) is 4.12. The molecule has 2 aromatic carbocycles. The fraction of sp³-hybridized carbons (Fsp3) is 0.188. The average molecular weight is 351 g/mol. The maximum Gasteiger partial charge on any atom is 0.269 e. The number of amides is 1. The molecule has 0 aliphatic heterocycles. The van der Waals surface area contributed by atoms with Crippen molar-refractivity contribution in [3.05, 3.63) is 70.3 Å². The second-order valence-corrected chi connectivity index (χ2v) is 6.78. The number of carbonyl (C=O) groups excluding carboxylic acids is 1. The van der Waals surface area contributed by atoms with Crippen LogP contribution in [0.1, 0.15) is 11.5 Å². The third kappa shape index (κ3) is 3.02. The van der Waals surface area contributed by atoms with Gasteiger partial charge in [-0.2, -0.15) is 0 Å². The summed E-state index contributed by atoms with van der Waals surface area (Å²) in [6.07, 6.45) is 0. The summed E-state index contributed by atoms with van der Waals surface area (Å²) in [4.78, 5) is 22.5. The zero-order valence-electron chi connectivity index (χ0n) is 11.8. The highest BCUT2D eigenvalue weighted by molar-refractivity contribution is 6.53. The normalized spacial score (nSPS) is 21.5. The Labute approximate surface area is 142 Å². The zero-order chi connectivity index (χ0) is 16.6. The van der Waals surface area contributed by atoms with Crippen LogP contribution in [-0.2, 0) is 4.79 Å². The molecule has 1 aliphatic rings. The number of nitro groups is 1. The van der Waals surface area contributed by atoms with Crippen LogP contribution in [0.25, 0.3) is 0 Å². The zero-order valence-corrected chi connectivity index (χ0v) is 13.3. The molecule has 0 heterocycles. The molecule has 1 aliphatic carbocycles. The molecule has 2 atom stereocenters. The number of anilines is 1. The van der Waals surface area contributed by atoms with Gasteiger partial charge in [-0.05, 0) is 17.7 Å². The summed E-state index contributed by atoms with van der Waals surface area (Å²) in [6, 6.07) is 15.0. The summed E-state index contributed by atoms with van der Waals surface area (Å²) < 4.78 is -1.15. The predicted molar refractivity (Wildman–Crippen MR) is 88.8 cm³/mol. The lowest BCUT2D eigenvalue weighted by molar-refractivity contribution is -0.384. The summed E-state index contributed by atoms with van der Waals surface area (Å²) in [5.74, 6) is -1.15. The molecule has 0 bridgehead atoms. The van der Waals surface area contributed by atoms with Crippen molar-refractivity contribution in [2.75, 3.05) is 5.32 Å². The van der Waals surface area contributed by atoms with Crippen LogP contribution in [0, 0.1) is 16.0 Å². The van der Waals surface area contributed by atoms with Gasteiger partial charge in [0.05, 0.1) is 10.8 Å². The van der Waals surface area contributed by atoms with E-state index in [4.69, 9.17) is 23.2 Å². The van der Waals surface area contributed by atoms with E-state index < -0.39 is 15.2 Å². The monoisotopic (exact) mass is 350 g/mol. The number of nitrogens with one attached hydrogen (secondary N) is 1. The number of carbonyl (C=O) groups is 1. The van der Waals surface area contributed by atoms with E-state index in [9.17, 15) is 14.9 Å². The third-order valence-electron chi connectivity index (χ3n) is 3.84. The molecule has 5 nitrogen and oxygen atoms in total. The van der Waals surface area contributed by atoms with Gasteiger partial charge in [0, 0.05) is 23.7 Å². The van der Waals surface area contributed by atoms with Gasteiger partial charge in [0.25, 0.3) is 5.69 Å². The summed E-state index contributed by atoms with van der Waals surface area (Å²) in [5.41, 5.74) is 1.32. The molecule has 2 aromatic rings. The molecule has 0 aromatic heterocycles. The van der Waals surface area contributed by atoms with Gasteiger partial charge in [0.1, 0.15) is 4.33 Å². The van der Waals surface area contributed by atoms with E-state index in [1.807, 2.05) is 30.3 Å². The Morgan fingerprint density at radius 2 is 1.70 bits per heavy atom. The van der Waals surface area contributed by atoms with Gasteiger partial charge in [-0.1, -0.05) is 30.3 Å². The van der Waals surface area contributed by atoms with Crippen LogP contribution < -0.4 is 5.32 Å². The van der Waals surface area contributed by atoms with Crippen LogP contribution in [0.15, 0.2) is 54.6 Å². The second-order valence-electron chi connectivity index (χ2n) is 5.33. The molecular formula is C16H12Cl2N2O3. The topological polar surface area (TPSA) is 72.2 Å². The Hall–Kier alpha value is -2.11. The number of non-ortho nitro benzene ring substituents is 1. The first kappa shape index (κ1) is 15.8. The number of nitro benzene ring substituents is 1. The first-order chi connectivity index (χ1) is 10.9. The SMILES string of the molecule is O=C(Nc1ccc([N+](=O)[O-])cc1)C1C(c2ccccc2)C1(Cl)Cl. The van der Waals surface area contributed by atoms with Crippen LogP contribution >= 0.6 is 23.2 Å². The van der Waals surface area contributed by atoms with Crippen LogP contribution in [0.2, 0.25) is 0 Å². The Morgan fingerprint density at radius 3 is 2.26 bits per heavy atom. The Bertz CT molecular complexity index is 748. The van der Waals surface area contributed by atoms with E-state index >= 15 is 0 Å². The van der Waals surface area contributed by atoms with E-state index in [0.717, 1.165) is 5.56 Å². The first-order valence-electron chi connectivity index (χ1n) is 6.89. The van der Waals surface area contributed by atoms with Crippen LogP contribution in [-0.4, -0.2) is 15.2 Å². The van der Waals surface area contributed by atoms with E-state index in [2.05, 4.69) is 5.32 Å². The lowest BCUT2D eigenvalue weighted by atomic mass is 10.1. The Balaban J connectivity index is 1.72. The first-order valence-corrected chi connectivity index (χ1v) is 7.65. The maximum absolute atomic E-state index is 12.4. The van der Waals surface area contributed by atoms with Crippen molar-refractivity contribution in [3.8, 4) is 0 Å². The Kier molecular flexibility index (Phi) is 4.00. The molecule has 23 heavy (non-hydrogen) atoms. The standard InChI is InChI=1S/C16H12Cl2N2O3/c17-16(18)13(10-4-2-1-3-5-10)14(16)15(21)19-11-6-8-12(9-7-11)20(22)23/h1-9,13-14H,(H,19,21). The van der Waals surface area contributed by atoms with Gasteiger partial charge in [0.15, 0.2) is 0 Å². The van der Waals surface area contributed by atoms with E-state index in [-0.39, 0.29) is 17.5 Å². The van der Waals surface area contributed by atoms with E-state index in [1.165, 1.54) is 24.3 Å². The highest BCUT2D eigenvalue weighted by Gasteiger charge is 2.67. The molecule has 7 heteroatoms. The molecule has 0 radical (unpaired) electrons. The van der Waals surface area contributed by atoms with Crippen molar-refractivity contribution < 1.29 is 9.72 Å². The molecule has 1 amide bonds. The van der Waals surface area contributed by atoms with Gasteiger partial charge in [-0.25, -0.2) is 0 Å². The summed E-state index contributed by atoms with van der Waals surface area (Å²) in [5, 5.41) is 13.3. The number of nitrogens with zero attached hydrogens (tertiary/aromatic N) is 1. The van der Waals surface area contributed by atoms with Crippen molar-refractivity contribution in [1.82, 2.24) is 0 Å². The molecule has 1 fully saturated rings. The van der Waals surface area contributed by atoms with Crippen LogP contribution in [0.5, 0.6) is 0 Å². The number of hydrogen-bond acceptors (Lipinski definition) is 3. The molecule has 0 saturated heterocycles. The van der Waals surface area contributed by atoms with Crippen molar-refractivity contribution in [2.24, 2.45) is 5.92 Å².